The van der Waals surface area contributed by atoms with Crippen LogP contribution in [0.4, 0.5) is 4.39 Å². The van der Waals surface area contributed by atoms with E-state index in [0.29, 0.717) is 17.7 Å². The number of carbonyl (C=O) groups is 1. The van der Waals surface area contributed by atoms with E-state index in [1.165, 1.54) is 11.0 Å². The van der Waals surface area contributed by atoms with Gasteiger partial charge in [0.15, 0.2) is 0 Å². The lowest BCUT2D eigenvalue weighted by Gasteiger charge is -2.26. The van der Waals surface area contributed by atoms with Gasteiger partial charge < -0.3 is 10.6 Å². The number of carbonyl (C=O) groups excluding carboxylic acids is 1. The summed E-state index contributed by atoms with van der Waals surface area (Å²) in [4.78, 5) is 14.0. The molecule has 0 spiro atoms. The maximum absolute atomic E-state index is 13.8. The van der Waals surface area contributed by atoms with Crippen molar-refractivity contribution in [3.63, 3.8) is 0 Å². The average Bonchev–Trinajstić information content (AvgIpc) is 2.53. The molecule has 0 bridgehead atoms. The second kappa shape index (κ2) is 6.50. The van der Waals surface area contributed by atoms with Gasteiger partial charge in [-0.05, 0) is 30.7 Å². The van der Waals surface area contributed by atoms with E-state index in [4.69, 9.17) is 5.73 Å². The highest BCUT2D eigenvalue weighted by atomic mass is 19.1. The summed E-state index contributed by atoms with van der Waals surface area (Å²) in [5.41, 5.74) is 7.55. The van der Waals surface area contributed by atoms with Gasteiger partial charge in [0.2, 0.25) is 0 Å². The van der Waals surface area contributed by atoms with Crippen LogP contribution in [0.5, 0.6) is 0 Å². The fourth-order valence-corrected chi connectivity index (χ4v) is 2.23. The molecule has 4 heteroatoms. The van der Waals surface area contributed by atoms with E-state index in [1.54, 1.807) is 43.4 Å². The Morgan fingerprint density at radius 3 is 2.62 bits per heavy atom. The van der Waals surface area contributed by atoms with Crippen molar-refractivity contribution in [3.05, 3.63) is 71.0 Å². The average molecular weight is 286 g/mol. The van der Waals surface area contributed by atoms with E-state index in [2.05, 4.69) is 0 Å². The molecule has 0 aromatic heterocycles. The van der Waals surface area contributed by atoms with Gasteiger partial charge in [-0.15, -0.1) is 0 Å². The molecule has 2 N–H and O–H groups in total. The maximum Gasteiger partial charge on any atom is 0.254 e. The van der Waals surface area contributed by atoms with Crippen molar-refractivity contribution in [2.45, 2.75) is 19.5 Å². The van der Waals surface area contributed by atoms with Crippen molar-refractivity contribution >= 4 is 5.91 Å². The Morgan fingerprint density at radius 1 is 1.24 bits per heavy atom. The molecule has 2 aromatic rings. The highest BCUT2D eigenvalue weighted by Gasteiger charge is 2.21. The van der Waals surface area contributed by atoms with Crippen LogP contribution in [0.1, 0.15) is 34.5 Å². The summed E-state index contributed by atoms with van der Waals surface area (Å²) in [5.74, 6) is -0.457. The number of nitrogens with zero attached hydrogens (tertiary/aromatic N) is 1. The maximum atomic E-state index is 13.8. The molecule has 1 unspecified atom stereocenters. The van der Waals surface area contributed by atoms with Crippen LogP contribution in [0.3, 0.4) is 0 Å². The summed E-state index contributed by atoms with van der Waals surface area (Å²) in [7, 11) is 1.68. The van der Waals surface area contributed by atoms with Crippen molar-refractivity contribution in [3.8, 4) is 0 Å². The molecule has 0 aliphatic carbocycles. The van der Waals surface area contributed by atoms with Crippen LogP contribution in [0, 0.1) is 5.82 Å². The summed E-state index contributed by atoms with van der Waals surface area (Å²) in [5, 5.41) is 0. The van der Waals surface area contributed by atoms with Gasteiger partial charge >= 0.3 is 0 Å². The summed E-state index contributed by atoms with van der Waals surface area (Å²) >= 11 is 0. The normalized spacial score (nSPS) is 12.0. The first-order chi connectivity index (χ1) is 10.0. The molecule has 0 heterocycles. The first-order valence-corrected chi connectivity index (χ1v) is 6.85. The molecule has 2 rings (SSSR count). The number of rotatable bonds is 4. The number of benzene rings is 2. The number of halogens is 1. The van der Waals surface area contributed by atoms with Gasteiger partial charge in [-0.2, -0.15) is 0 Å². The Hall–Kier alpha value is -2.20. The van der Waals surface area contributed by atoms with Gasteiger partial charge in [0, 0.05) is 24.7 Å². The molecule has 0 aliphatic rings. The largest absolute Gasteiger partial charge is 0.335 e. The van der Waals surface area contributed by atoms with Crippen LogP contribution in [-0.2, 0) is 6.54 Å². The van der Waals surface area contributed by atoms with E-state index in [-0.39, 0.29) is 17.8 Å². The third-order valence-corrected chi connectivity index (χ3v) is 3.67. The molecule has 1 amide bonds. The summed E-state index contributed by atoms with van der Waals surface area (Å²) in [6.45, 7) is 2.19. The van der Waals surface area contributed by atoms with Crippen molar-refractivity contribution in [2.24, 2.45) is 5.73 Å². The summed E-state index contributed by atoms with van der Waals surface area (Å²) in [6.07, 6.45) is 0. The van der Waals surface area contributed by atoms with E-state index in [1.807, 2.05) is 13.0 Å². The predicted molar refractivity (Wildman–Crippen MR) is 81.2 cm³/mol. The lowest BCUT2D eigenvalue weighted by molar-refractivity contribution is 0.0740. The fraction of sp³-hybridized carbons (Fsp3) is 0.235. The molecule has 0 radical (unpaired) electrons. The first-order valence-electron chi connectivity index (χ1n) is 6.85. The van der Waals surface area contributed by atoms with E-state index in [0.717, 1.165) is 5.56 Å². The summed E-state index contributed by atoms with van der Waals surface area (Å²) < 4.78 is 13.8. The standard InChI is InChI=1S/C17H19FN2O/c1-12(15-8-3-4-9-16(15)18)20(2)17(21)14-7-5-6-13(10-14)11-19/h3-10,12H,11,19H2,1-2H3. The topological polar surface area (TPSA) is 46.3 Å². The minimum atomic E-state index is -0.347. The minimum Gasteiger partial charge on any atom is -0.335 e. The fourth-order valence-electron chi connectivity index (χ4n) is 2.23. The quantitative estimate of drug-likeness (QED) is 0.938. The predicted octanol–water partition coefficient (Wildman–Crippen LogP) is 3.12. The molecule has 0 aliphatic heterocycles. The number of amides is 1. The molecular formula is C17H19FN2O. The molecular weight excluding hydrogens is 267 g/mol. The van der Waals surface area contributed by atoms with E-state index in [9.17, 15) is 9.18 Å². The lowest BCUT2D eigenvalue weighted by Crippen LogP contribution is -2.30. The number of hydrogen-bond donors (Lipinski definition) is 1. The highest BCUT2D eigenvalue weighted by molar-refractivity contribution is 5.94. The second-order valence-electron chi connectivity index (χ2n) is 5.02. The third-order valence-electron chi connectivity index (χ3n) is 3.67. The molecule has 1 atom stereocenters. The Bertz CT molecular complexity index is 642. The third kappa shape index (κ3) is 3.28. The smallest absolute Gasteiger partial charge is 0.254 e. The molecule has 0 saturated heterocycles. The molecule has 21 heavy (non-hydrogen) atoms. The van der Waals surface area contributed by atoms with Gasteiger partial charge in [0.1, 0.15) is 5.82 Å². The zero-order valence-electron chi connectivity index (χ0n) is 12.2. The molecule has 0 fully saturated rings. The molecule has 2 aromatic carbocycles. The van der Waals surface area contributed by atoms with Gasteiger partial charge in [-0.25, -0.2) is 4.39 Å². The minimum absolute atomic E-state index is 0.152. The van der Waals surface area contributed by atoms with Gasteiger partial charge in [0.05, 0.1) is 6.04 Å². The molecule has 110 valence electrons. The zero-order valence-corrected chi connectivity index (χ0v) is 12.2. The van der Waals surface area contributed by atoms with Crippen molar-refractivity contribution in [1.82, 2.24) is 4.90 Å². The Balaban J connectivity index is 2.24. The van der Waals surface area contributed by atoms with Crippen LogP contribution >= 0.6 is 0 Å². The lowest BCUT2D eigenvalue weighted by atomic mass is 10.0. The van der Waals surface area contributed by atoms with Crippen molar-refractivity contribution in [2.75, 3.05) is 7.05 Å². The van der Waals surface area contributed by atoms with Gasteiger partial charge in [0.25, 0.3) is 5.91 Å². The molecule has 0 saturated carbocycles. The monoisotopic (exact) mass is 286 g/mol. The van der Waals surface area contributed by atoms with Crippen LogP contribution in [0.15, 0.2) is 48.5 Å². The Morgan fingerprint density at radius 2 is 1.95 bits per heavy atom. The summed E-state index contributed by atoms with van der Waals surface area (Å²) in [6, 6.07) is 13.3. The van der Waals surface area contributed by atoms with Crippen LogP contribution in [0.25, 0.3) is 0 Å². The Kier molecular flexibility index (Phi) is 4.70. The zero-order chi connectivity index (χ0) is 15.4. The second-order valence-corrected chi connectivity index (χ2v) is 5.02. The van der Waals surface area contributed by atoms with Crippen LogP contribution < -0.4 is 5.73 Å². The van der Waals surface area contributed by atoms with Crippen molar-refractivity contribution < 1.29 is 9.18 Å². The molecule has 3 nitrogen and oxygen atoms in total. The number of nitrogens with two attached hydrogens (primary N) is 1. The first kappa shape index (κ1) is 15.2. The van der Waals surface area contributed by atoms with Crippen LogP contribution in [-0.4, -0.2) is 17.9 Å². The SMILES string of the molecule is CC(c1ccccc1F)N(C)C(=O)c1cccc(CN)c1. The van der Waals surface area contributed by atoms with Gasteiger partial charge in [-0.1, -0.05) is 30.3 Å². The van der Waals surface area contributed by atoms with Crippen LogP contribution in [0.2, 0.25) is 0 Å². The Labute approximate surface area is 124 Å². The van der Waals surface area contributed by atoms with E-state index >= 15 is 0 Å². The van der Waals surface area contributed by atoms with Gasteiger partial charge in [-0.3, -0.25) is 4.79 Å². The van der Waals surface area contributed by atoms with Crippen molar-refractivity contribution in [1.29, 1.82) is 0 Å². The number of hydrogen-bond acceptors (Lipinski definition) is 2. The highest BCUT2D eigenvalue weighted by Crippen LogP contribution is 2.23. The van der Waals surface area contributed by atoms with E-state index < -0.39 is 0 Å².